The van der Waals surface area contributed by atoms with Crippen molar-refractivity contribution < 1.29 is 9.53 Å². The van der Waals surface area contributed by atoms with Gasteiger partial charge in [-0.15, -0.1) is 12.4 Å². The van der Waals surface area contributed by atoms with Crippen LogP contribution in [0.4, 0.5) is 0 Å². The zero-order valence-corrected chi connectivity index (χ0v) is 11.1. The summed E-state index contributed by atoms with van der Waals surface area (Å²) in [5.74, 6) is 0.0553. The number of nitrogens with one attached hydrogen (secondary N) is 1. The first-order chi connectivity index (χ1) is 7.65. The van der Waals surface area contributed by atoms with Crippen LogP contribution in [0.2, 0.25) is 0 Å². The molecule has 1 aromatic heterocycles. The van der Waals surface area contributed by atoms with E-state index in [-0.39, 0.29) is 18.4 Å². The molecule has 96 valence electrons. The van der Waals surface area contributed by atoms with Crippen LogP contribution in [0.1, 0.15) is 41.5 Å². The number of rotatable bonds is 2. The molecule has 1 aromatic rings. The van der Waals surface area contributed by atoms with Gasteiger partial charge in [0.15, 0.2) is 5.69 Å². The van der Waals surface area contributed by atoms with Gasteiger partial charge in [-0.05, 0) is 6.92 Å². The zero-order valence-electron chi connectivity index (χ0n) is 10.3. The van der Waals surface area contributed by atoms with Crippen molar-refractivity contribution in [3.05, 3.63) is 17.0 Å². The molecule has 5 nitrogen and oxygen atoms in total. The van der Waals surface area contributed by atoms with Crippen molar-refractivity contribution in [3.63, 3.8) is 0 Å². The number of aryl methyl sites for hydroxylation is 1. The highest BCUT2D eigenvalue weighted by atomic mass is 35.5. The molecular weight excluding hydrogens is 242 g/mol. The number of carbonyl (C=O) groups excluding carboxylic acids is 1. The number of aromatic nitrogens is 2. The van der Waals surface area contributed by atoms with Crippen molar-refractivity contribution in [2.24, 2.45) is 7.05 Å². The number of carbonyl (C=O) groups is 1. The molecule has 0 unspecified atom stereocenters. The van der Waals surface area contributed by atoms with Gasteiger partial charge >= 0.3 is 5.97 Å². The summed E-state index contributed by atoms with van der Waals surface area (Å²) in [7, 11) is 1.88. The summed E-state index contributed by atoms with van der Waals surface area (Å²) in [4.78, 5) is 11.7. The van der Waals surface area contributed by atoms with Gasteiger partial charge in [0.2, 0.25) is 0 Å². The third-order valence-electron chi connectivity index (χ3n) is 2.88. The quantitative estimate of drug-likeness (QED) is 0.812. The van der Waals surface area contributed by atoms with E-state index in [0.29, 0.717) is 24.8 Å². The molecule has 0 saturated heterocycles. The molecule has 0 aromatic carbocycles. The van der Waals surface area contributed by atoms with Crippen molar-refractivity contribution in [2.75, 3.05) is 13.2 Å². The number of esters is 1. The van der Waals surface area contributed by atoms with Crippen molar-refractivity contribution in [1.29, 1.82) is 0 Å². The number of hydrogen-bond acceptors (Lipinski definition) is 4. The zero-order chi connectivity index (χ0) is 11.7. The number of nitrogens with zero attached hydrogens (tertiary/aromatic N) is 2. The summed E-state index contributed by atoms with van der Waals surface area (Å²) < 4.78 is 6.80. The molecule has 6 heteroatoms. The maximum Gasteiger partial charge on any atom is 0.359 e. The van der Waals surface area contributed by atoms with E-state index in [1.165, 1.54) is 0 Å². The van der Waals surface area contributed by atoms with Gasteiger partial charge in [-0.2, -0.15) is 5.10 Å². The van der Waals surface area contributed by atoms with Gasteiger partial charge in [0.05, 0.1) is 6.61 Å². The summed E-state index contributed by atoms with van der Waals surface area (Å²) in [6, 6.07) is 0. The Morgan fingerprint density at radius 1 is 1.65 bits per heavy atom. The number of hydrogen-bond donors (Lipinski definition) is 1. The third kappa shape index (κ3) is 2.45. The van der Waals surface area contributed by atoms with E-state index < -0.39 is 0 Å². The Hall–Kier alpha value is -1.07. The Balaban J connectivity index is 0.00000144. The van der Waals surface area contributed by atoms with Crippen molar-refractivity contribution in [2.45, 2.75) is 26.3 Å². The monoisotopic (exact) mass is 259 g/mol. The summed E-state index contributed by atoms with van der Waals surface area (Å²) in [5.41, 5.74) is 2.58. The number of halogens is 1. The van der Waals surface area contributed by atoms with Crippen LogP contribution < -0.4 is 5.32 Å². The van der Waals surface area contributed by atoms with Crippen LogP contribution in [0.15, 0.2) is 0 Å². The Morgan fingerprint density at radius 2 is 2.35 bits per heavy atom. The van der Waals surface area contributed by atoms with Crippen LogP contribution in [0.5, 0.6) is 0 Å². The van der Waals surface area contributed by atoms with Crippen LogP contribution in [-0.2, 0) is 18.3 Å². The van der Waals surface area contributed by atoms with Crippen molar-refractivity contribution >= 4 is 18.4 Å². The maximum absolute atomic E-state index is 11.7. The molecular formula is C11H18ClN3O2. The second-order valence-corrected chi connectivity index (χ2v) is 4.09. The first kappa shape index (κ1) is 14.0. The van der Waals surface area contributed by atoms with Gasteiger partial charge in [-0.1, -0.05) is 6.92 Å². The second kappa shape index (κ2) is 5.51. The molecule has 0 radical (unpaired) electrons. The smallest absolute Gasteiger partial charge is 0.359 e. The van der Waals surface area contributed by atoms with Crippen LogP contribution in [0.25, 0.3) is 0 Å². The van der Waals surface area contributed by atoms with Crippen LogP contribution in [0.3, 0.4) is 0 Å². The van der Waals surface area contributed by atoms with Gasteiger partial charge in [0.25, 0.3) is 0 Å². The van der Waals surface area contributed by atoms with Gasteiger partial charge < -0.3 is 10.1 Å². The summed E-state index contributed by atoms with van der Waals surface area (Å²) >= 11 is 0. The minimum atomic E-state index is -0.324. The lowest BCUT2D eigenvalue weighted by Crippen LogP contribution is -2.28. The molecule has 0 bridgehead atoms. The average molecular weight is 260 g/mol. The summed E-state index contributed by atoms with van der Waals surface area (Å²) in [6.07, 6.45) is 0. The predicted octanol–water partition coefficient (Wildman–Crippen LogP) is 1.23. The molecule has 0 amide bonds. The summed E-state index contributed by atoms with van der Waals surface area (Å²) in [6.45, 7) is 5.93. The Kier molecular flexibility index (Phi) is 4.54. The van der Waals surface area contributed by atoms with E-state index in [4.69, 9.17) is 4.74 Å². The van der Waals surface area contributed by atoms with E-state index in [0.717, 1.165) is 17.8 Å². The molecule has 1 N–H and O–H groups in total. The minimum Gasteiger partial charge on any atom is -0.461 e. The van der Waals surface area contributed by atoms with E-state index in [1.54, 1.807) is 11.6 Å². The predicted molar refractivity (Wildman–Crippen MR) is 66.5 cm³/mol. The minimum absolute atomic E-state index is 0. The highest BCUT2D eigenvalue weighted by Crippen LogP contribution is 2.25. The topological polar surface area (TPSA) is 56.1 Å². The molecule has 0 saturated carbocycles. The standard InChI is InChI=1S/C11H17N3O2.ClH/c1-4-16-11(15)9-8-6-12-5-7(2)10(8)14(3)13-9;/h7,12H,4-6H2,1-3H3;1H/t7-;/m1./s1. The SMILES string of the molecule is CCOC(=O)c1nn(C)c2c1CNC[C@H]2C.Cl. The van der Waals surface area contributed by atoms with E-state index in [2.05, 4.69) is 17.3 Å². The van der Waals surface area contributed by atoms with Gasteiger partial charge in [0.1, 0.15) is 0 Å². The molecule has 1 atom stereocenters. The van der Waals surface area contributed by atoms with Gasteiger partial charge in [-0.25, -0.2) is 4.79 Å². The van der Waals surface area contributed by atoms with Gasteiger partial charge in [-0.3, -0.25) is 4.68 Å². The molecule has 1 aliphatic heterocycles. The molecule has 0 spiro atoms. The molecule has 0 aliphatic carbocycles. The number of ether oxygens (including phenoxy) is 1. The van der Waals surface area contributed by atoms with E-state index in [1.807, 2.05) is 7.05 Å². The fourth-order valence-corrected chi connectivity index (χ4v) is 2.25. The molecule has 17 heavy (non-hydrogen) atoms. The third-order valence-corrected chi connectivity index (χ3v) is 2.88. The van der Waals surface area contributed by atoms with Crippen molar-refractivity contribution in [1.82, 2.24) is 15.1 Å². The van der Waals surface area contributed by atoms with Crippen LogP contribution in [-0.4, -0.2) is 28.9 Å². The summed E-state index contributed by atoms with van der Waals surface area (Å²) in [5, 5.41) is 7.54. The average Bonchev–Trinajstić information content (AvgIpc) is 2.58. The highest BCUT2D eigenvalue weighted by Gasteiger charge is 2.27. The maximum atomic E-state index is 11.7. The molecule has 0 fully saturated rings. The number of fused-ring (bicyclic) bond motifs is 1. The molecule has 2 rings (SSSR count). The highest BCUT2D eigenvalue weighted by molar-refractivity contribution is 5.89. The normalized spacial score (nSPS) is 18.2. The Morgan fingerprint density at radius 3 is 3.00 bits per heavy atom. The van der Waals surface area contributed by atoms with Crippen molar-refractivity contribution in [3.8, 4) is 0 Å². The largest absolute Gasteiger partial charge is 0.461 e. The van der Waals surface area contributed by atoms with Crippen LogP contribution >= 0.6 is 12.4 Å². The van der Waals surface area contributed by atoms with Crippen LogP contribution in [0, 0.1) is 0 Å². The fraction of sp³-hybridized carbons (Fsp3) is 0.636. The lowest BCUT2D eigenvalue weighted by atomic mass is 9.98. The first-order valence-electron chi connectivity index (χ1n) is 5.58. The first-order valence-corrected chi connectivity index (χ1v) is 5.58. The Labute approximate surface area is 107 Å². The Bertz CT molecular complexity index is 417. The lowest BCUT2D eigenvalue weighted by Gasteiger charge is -2.20. The van der Waals surface area contributed by atoms with E-state index in [9.17, 15) is 4.79 Å². The fourth-order valence-electron chi connectivity index (χ4n) is 2.25. The lowest BCUT2D eigenvalue weighted by molar-refractivity contribution is 0.0517. The second-order valence-electron chi connectivity index (χ2n) is 4.09. The molecule has 1 aliphatic rings. The van der Waals surface area contributed by atoms with Gasteiger partial charge in [0, 0.05) is 37.3 Å². The van der Waals surface area contributed by atoms with E-state index >= 15 is 0 Å². The molecule has 2 heterocycles.